The van der Waals surface area contributed by atoms with Gasteiger partial charge in [0.25, 0.3) is 0 Å². The zero-order valence-electron chi connectivity index (χ0n) is 33.5. The molecule has 3 spiro atoms. The van der Waals surface area contributed by atoms with Crippen molar-refractivity contribution in [3.63, 3.8) is 0 Å². The number of nitrogens with two attached hydrogens (primary N) is 1. The van der Waals surface area contributed by atoms with Gasteiger partial charge in [-0.3, -0.25) is 9.69 Å². The lowest BCUT2D eigenvalue weighted by molar-refractivity contribution is -0.248. The highest BCUT2D eigenvalue weighted by atomic mass is 16.7. The standard InChI is InChI=1S/C40H61N7O7/c1-27-25-44(34(49)53-36(2,3)4)18-11-19-46(27)33-42-29(24-30(43-33)45-20-21-47(38(26-45)16-17-38)35(50)54-37(5,6)7)31(48)28-12-10-14-39(32(28)41)13-8-9-15-40(39)51-22-23-52-40/h24,27H,8-23,25-26,41H2,1-7H3/t27-,39-/m0/s1. The minimum Gasteiger partial charge on any atom is -0.444 e. The van der Waals surface area contributed by atoms with Crippen LogP contribution in [0.5, 0.6) is 0 Å². The summed E-state index contributed by atoms with van der Waals surface area (Å²) in [6.07, 6.45) is 7.54. The summed E-state index contributed by atoms with van der Waals surface area (Å²) in [5, 5.41) is 0. The molecule has 1 aromatic heterocycles. The average Bonchev–Trinajstić information content (AvgIpc) is 3.75. The molecule has 3 aliphatic carbocycles. The molecule has 2 N–H and O–H groups in total. The Bertz CT molecular complexity index is 1660. The maximum absolute atomic E-state index is 14.9. The molecule has 7 rings (SSSR count). The Morgan fingerprint density at radius 1 is 0.833 bits per heavy atom. The van der Waals surface area contributed by atoms with E-state index in [4.69, 9.17) is 34.6 Å². The van der Waals surface area contributed by atoms with Crippen LogP contribution in [0, 0.1) is 5.41 Å². The van der Waals surface area contributed by atoms with Gasteiger partial charge in [-0.05, 0) is 99.8 Å². The van der Waals surface area contributed by atoms with E-state index in [9.17, 15) is 14.4 Å². The predicted octanol–water partition coefficient (Wildman–Crippen LogP) is 5.78. The van der Waals surface area contributed by atoms with Crippen LogP contribution in [0.4, 0.5) is 21.4 Å². The van der Waals surface area contributed by atoms with E-state index in [0.717, 1.165) is 51.4 Å². The lowest BCUT2D eigenvalue weighted by Gasteiger charge is -2.52. The van der Waals surface area contributed by atoms with E-state index in [-0.39, 0.29) is 29.6 Å². The van der Waals surface area contributed by atoms with Gasteiger partial charge in [-0.1, -0.05) is 6.42 Å². The number of piperazine rings is 1. The Morgan fingerprint density at radius 3 is 2.19 bits per heavy atom. The Morgan fingerprint density at radius 2 is 1.50 bits per heavy atom. The largest absolute Gasteiger partial charge is 0.444 e. The fourth-order valence-electron chi connectivity index (χ4n) is 9.39. The number of allylic oxidation sites excluding steroid dienone is 1. The van der Waals surface area contributed by atoms with Gasteiger partial charge in [0.2, 0.25) is 11.7 Å². The minimum absolute atomic E-state index is 0.155. The summed E-state index contributed by atoms with van der Waals surface area (Å²) < 4.78 is 24.3. The highest BCUT2D eigenvalue weighted by Crippen LogP contribution is 2.58. The molecule has 2 atom stereocenters. The van der Waals surface area contributed by atoms with E-state index in [2.05, 4.69) is 16.7 Å². The highest BCUT2D eigenvalue weighted by Gasteiger charge is 2.60. The van der Waals surface area contributed by atoms with Gasteiger partial charge < -0.3 is 39.4 Å². The first-order valence-electron chi connectivity index (χ1n) is 20.2. The number of ether oxygens (including phenoxy) is 4. The number of aromatic nitrogens is 2. The Hall–Kier alpha value is -3.65. The molecule has 5 fully saturated rings. The SMILES string of the molecule is C[C@H]1CN(C(=O)OC(C)(C)C)CCCN1c1nc(C(=O)C2=C(N)[C@]3(CCCCC34OCCO4)CCC2)cc(N2CCN(C(=O)OC(C)(C)C)C3(CC3)C2)n1. The van der Waals surface area contributed by atoms with Crippen molar-refractivity contribution in [2.24, 2.45) is 11.1 Å². The second-order valence-electron chi connectivity index (χ2n) is 18.3. The molecule has 3 aliphatic heterocycles. The summed E-state index contributed by atoms with van der Waals surface area (Å²) in [5.74, 6) is 0.0915. The van der Waals surface area contributed by atoms with E-state index in [1.165, 1.54) is 0 Å². The van der Waals surface area contributed by atoms with Crippen LogP contribution in [0.2, 0.25) is 0 Å². The number of anilines is 2. The number of amides is 2. The summed E-state index contributed by atoms with van der Waals surface area (Å²) >= 11 is 0. The first-order valence-corrected chi connectivity index (χ1v) is 20.2. The molecular formula is C40H61N7O7. The van der Waals surface area contributed by atoms with Crippen molar-refractivity contribution in [2.45, 2.75) is 141 Å². The fourth-order valence-corrected chi connectivity index (χ4v) is 9.39. The van der Waals surface area contributed by atoms with Gasteiger partial charge in [0, 0.05) is 69.1 Å². The predicted molar refractivity (Wildman–Crippen MR) is 203 cm³/mol. The molecule has 0 radical (unpaired) electrons. The smallest absolute Gasteiger partial charge is 0.410 e. The molecule has 54 heavy (non-hydrogen) atoms. The maximum atomic E-state index is 14.9. The second kappa shape index (κ2) is 14.1. The van der Waals surface area contributed by atoms with Gasteiger partial charge in [-0.2, -0.15) is 4.98 Å². The molecule has 2 amide bonds. The maximum Gasteiger partial charge on any atom is 0.410 e. The first-order chi connectivity index (χ1) is 25.4. The summed E-state index contributed by atoms with van der Waals surface area (Å²) in [6.45, 7) is 17.5. The van der Waals surface area contributed by atoms with E-state index >= 15 is 0 Å². The van der Waals surface area contributed by atoms with Gasteiger partial charge in [0.05, 0.1) is 24.2 Å². The molecule has 14 heteroatoms. The molecular weight excluding hydrogens is 690 g/mol. The number of rotatable bonds is 4. The van der Waals surface area contributed by atoms with Crippen LogP contribution in [-0.2, 0) is 18.9 Å². The monoisotopic (exact) mass is 751 g/mol. The second-order valence-corrected chi connectivity index (χ2v) is 18.3. The van der Waals surface area contributed by atoms with E-state index < -0.39 is 22.4 Å². The van der Waals surface area contributed by atoms with Crippen LogP contribution in [0.3, 0.4) is 0 Å². The van der Waals surface area contributed by atoms with Crippen LogP contribution in [0.1, 0.15) is 123 Å². The summed E-state index contributed by atoms with van der Waals surface area (Å²) in [6, 6.07) is 1.65. The average molecular weight is 752 g/mol. The summed E-state index contributed by atoms with van der Waals surface area (Å²) in [5.41, 5.74) is 6.51. The van der Waals surface area contributed by atoms with Crippen LogP contribution >= 0.6 is 0 Å². The number of carbonyl (C=O) groups excluding carboxylic acids is 3. The summed E-state index contributed by atoms with van der Waals surface area (Å²) in [4.78, 5) is 59.4. The van der Waals surface area contributed by atoms with Gasteiger partial charge in [0.1, 0.15) is 22.7 Å². The lowest BCUT2D eigenvalue weighted by Crippen LogP contribution is -2.58. The zero-order chi connectivity index (χ0) is 38.7. The van der Waals surface area contributed by atoms with Crippen molar-refractivity contribution in [3.05, 3.63) is 23.0 Å². The number of hydrogen-bond acceptors (Lipinski definition) is 12. The molecule has 298 valence electrons. The molecule has 2 saturated carbocycles. The van der Waals surface area contributed by atoms with Gasteiger partial charge >= 0.3 is 12.2 Å². The normalized spacial score (nSPS) is 27.1. The topological polar surface area (TPSA) is 153 Å². The Kier molecular flexibility index (Phi) is 10.1. The van der Waals surface area contributed by atoms with Crippen LogP contribution in [0.15, 0.2) is 17.3 Å². The molecule has 0 bridgehead atoms. The van der Waals surface area contributed by atoms with Crippen LogP contribution in [0.25, 0.3) is 0 Å². The number of ketones is 1. The van der Waals surface area contributed by atoms with Gasteiger partial charge in [-0.25, -0.2) is 14.6 Å². The van der Waals surface area contributed by atoms with Crippen molar-refractivity contribution in [1.29, 1.82) is 0 Å². The van der Waals surface area contributed by atoms with Crippen LogP contribution in [-0.4, -0.2) is 119 Å². The molecule has 1 aromatic rings. The quantitative estimate of drug-likeness (QED) is 0.371. The lowest BCUT2D eigenvalue weighted by atomic mass is 9.60. The number of Topliss-reactive ketones (excluding diaryl/α,β-unsaturated/α-hetero) is 1. The van der Waals surface area contributed by atoms with Gasteiger partial charge in [0.15, 0.2) is 5.79 Å². The molecule has 6 aliphatic rings. The molecule has 0 unspecified atom stereocenters. The highest BCUT2D eigenvalue weighted by molar-refractivity contribution is 6.08. The third kappa shape index (κ3) is 7.36. The minimum atomic E-state index is -0.794. The third-order valence-electron chi connectivity index (χ3n) is 12.1. The van der Waals surface area contributed by atoms with Crippen molar-refractivity contribution >= 4 is 29.7 Å². The molecule has 14 nitrogen and oxygen atoms in total. The third-order valence-corrected chi connectivity index (χ3v) is 12.1. The van der Waals surface area contributed by atoms with E-state index in [1.54, 1.807) is 11.0 Å². The Balaban J connectivity index is 1.23. The number of nitrogens with zero attached hydrogens (tertiary/aromatic N) is 6. The zero-order valence-corrected chi connectivity index (χ0v) is 33.5. The summed E-state index contributed by atoms with van der Waals surface area (Å²) in [7, 11) is 0. The van der Waals surface area contributed by atoms with E-state index in [1.807, 2.05) is 46.4 Å². The van der Waals surface area contributed by atoms with Crippen molar-refractivity contribution < 1.29 is 33.3 Å². The number of carbonyl (C=O) groups is 3. The fraction of sp³-hybridized carbons (Fsp3) is 0.775. The van der Waals surface area contributed by atoms with Crippen molar-refractivity contribution in [2.75, 3.05) is 62.3 Å². The first kappa shape index (κ1) is 38.6. The Labute approximate surface area is 320 Å². The van der Waals surface area contributed by atoms with E-state index in [0.29, 0.717) is 94.1 Å². The molecule has 3 saturated heterocycles. The van der Waals surface area contributed by atoms with Crippen molar-refractivity contribution in [3.8, 4) is 0 Å². The number of hydrogen-bond donors (Lipinski definition) is 1. The van der Waals surface area contributed by atoms with Crippen LogP contribution < -0.4 is 15.5 Å². The van der Waals surface area contributed by atoms with Crippen molar-refractivity contribution in [1.82, 2.24) is 19.8 Å². The van der Waals surface area contributed by atoms with Gasteiger partial charge in [-0.15, -0.1) is 0 Å². The number of fused-ring (bicyclic) bond motifs is 1. The molecule has 4 heterocycles. The molecule has 0 aromatic carbocycles.